The van der Waals surface area contributed by atoms with Crippen molar-refractivity contribution in [1.29, 1.82) is 0 Å². The molecule has 0 bridgehead atoms. The van der Waals surface area contributed by atoms with Crippen LogP contribution in [0.25, 0.3) is 0 Å². The van der Waals surface area contributed by atoms with Crippen molar-refractivity contribution in [2.45, 2.75) is 26.8 Å². The van der Waals surface area contributed by atoms with Gasteiger partial charge in [-0.25, -0.2) is 17.8 Å². The number of nitrogens with one attached hydrogen (secondary N) is 1. The summed E-state index contributed by atoms with van der Waals surface area (Å²) >= 11 is 5.60. The molecule has 1 N–H and O–H groups in total. The Morgan fingerprint density at radius 2 is 2.05 bits per heavy atom. The van der Waals surface area contributed by atoms with Crippen LogP contribution in [0, 0.1) is 11.2 Å². The Labute approximate surface area is 117 Å². The summed E-state index contributed by atoms with van der Waals surface area (Å²) in [5, 5.41) is 2.69. The molecular formula is C11H17ClFN3O2S. The molecule has 1 rings (SSSR count). The maximum atomic E-state index is 13.6. The average molecular weight is 310 g/mol. The number of sulfone groups is 1. The van der Waals surface area contributed by atoms with Gasteiger partial charge in [-0.05, 0) is 17.0 Å². The minimum absolute atomic E-state index is 0.0939. The molecule has 0 radical (unpaired) electrons. The number of halogens is 2. The van der Waals surface area contributed by atoms with Crippen molar-refractivity contribution in [1.82, 2.24) is 9.97 Å². The first kappa shape index (κ1) is 16.1. The zero-order chi connectivity index (χ0) is 14.8. The summed E-state index contributed by atoms with van der Waals surface area (Å²) in [4.78, 5) is 7.23. The first-order valence-electron chi connectivity index (χ1n) is 5.61. The van der Waals surface area contributed by atoms with Crippen molar-refractivity contribution in [3.8, 4) is 0 Å². The van der Waals surface area contributed by atoms with E-state index in [-0.39, 0.29) is 16.9 Å². The summed E-state index contributed by atoms with van der Waals surface area (Å²) < 4.78 is 36.4. The van der Waals surface area contributed by atoms with Gasteiger partial charge in [-0.1, -0.05) is 20.8 Å². The molecule has 0 unspecified atom stereocenters. The molecule has 0 aromatic carbocycles. The lowest BCUT2D eigenvalue weighted by molar-refractivity contribution is 0.358. The van der Waals surface area contributed by atoms with Crippen molar-refractivity contribution in [2.75, 3.05) is 17.3 Å². The van der Waals surface area contributed by atoms with E-state index in [0.717, 1.165) is 12.5 Å². The molecule has 0 aliphatic carbocycles. The third-order valence-corrected chi connectivity index (χ3v) is 3.66. The Kier molecular flexibility index (Phi) is 4.73. The summed E-state index contributed by atoms with van der Waals surface area (Å²) in [5.41, 5.74) is -0.396. The van der Waals surface area contributed by atoms with Gasteiger partial charge in [0.05, 0.1) is 11.9 Å². The van der Waals surface area contributed by atoms with E-state index in [1.54, 1.807) is 0 Å². The van der Waals surface area contributed by atoms with Crippen molar-refractivity contribution in [2.24, 2.45) is 5.41 Å². The zero-order valence-electron chi connectivity index (χ0n) is 11.2. The minimum Gasteiger partial charge on any atom is -0.363 e. The summed E-state index contributed by atoms with van der Waals surface area (Å²) in [7, 11) is -3.21. The van der Waals surface area contributed by atoms with Crippen molar-refractivity contribution >= 4 is 27.3 Å². The molecule has 0 fully saturated rings. The van der Waals surface area contributed by atoms with Crippen LogP contribution in [0.15, 0.2) is 6.20 Å². The second-order valence-corrected chi connectivity index (χ2v) is 8.01. The van der Waals surface area contributed by atoms with Crippen molar-refractivity contribution in [3.05, 3.63) is 17.3 Å². The van der Waals surface area contributed by atoms with Crippen molar-refractivity contribution in [3.63, 3.8) is 0 Å². The molecule has 1 aromatic rings. The molecular weight excluding hydrogens is 293 g/mol. The third-order valence-electron chi connectivity index (χ3n) is 2.54. The smallest absolute Gasteiger partial charge is 0.224 e. The highest BCUT2D eigenvalue weighted by Gasteiger charge is 2.29. The van der Waals surface area contributed by atoms with Crippen LogP contribution < -0.4 is 5.32 Å². The monoisotopic (exact) mass is 309 g/mol. The van der Waals surface area contributed by atoms with E-state index in [1.807, 2.05) is 20.8 Å². The van der Waals surface area contributed by atoms with Gasteiger partial charge in [-0.2, -0.15) is 4.98 Å². The lowest BCUT2D eigenvalue weighted by Crippen LogP contribution is -2.40. The van der Waals surface area contributed by atoms with Crippen LogP contribution in [0.1, 0.15) is 20.8 Å². The number of hydrogen-bond acceptors (Lipinski definition) is 5. The number of rotatable bonds is 4. The molecule has 0 aliphatic heterocycles. The van der Waals surface area contributed by atoms with E-state index in [9.17, 15) is 12.8 Å². The van der Waals surface area contributed by atoms with Gasteiger partial charge in [-0.15, -0.1) is 0 Å². The van der Waals surface area contributed by atoms with Gasteiger partial charge in [0.2, 0.25) is 5.28 Å². The fourth-order valence-electron chi connectivity index (χ4n) is 1.42. The third kappa shape index (κ3) is 5.28. The summed E-state index contributed by atoms with van der Waals surface area (Å²) in [6.07, 6.45) is 2.08. The molecule has 19 heavy (non-hydrogen) atoms. The van der Waals surface area contributed by atoms with Gasteiger partial charge in [0.25, 0.3) is 0 Å². The Balaban J connectivity index is 3.04. The molecule has 1 atom stereocenters. The second kappa shape index (κ2) is 5.58. The SMILES string of the molecule is CC(C)(C)[C@@H](CS(C)(=O)=O)Nc1nc(Cl)ncc1F. The Bertz CT molecular complexity index is 558. The molecule has 1 aromatic heterocycles. The zero-order valence-corrected chi connectivity index (χ0v) is 12.8. The second-order valence-electron chi connectivity index (χ2n) is 5.49. The predicted molar refractivity (Wildman–Crippen MR) is 73.6 cm³/mol. The van der Waals surface area contributed by atoms with Gasteiger partial charge in [0, 0.05) is 12.3 Å². The predicted octanol–water partition coefficient (Wildman–Crippen LogP) is 2.14. The maximum Gasteiger partial charge on any atom is 0.224 e. The molecule has 0 spiro atoms. The highest BCUT2D eigenvalue weighted by atomic mass is 35.5. The van der Waals surface area contributed by atoms with E-state index in [1.165, 1.54) is 0 Å². The Hall–Kier alpha value is -0.950. The van der Waals surface area contributed by atoms with Crippen LogP contribution >= 0.6 is 11.6 Å². The van der Waals surface area contributed by atoms with Gasteiger partial charge < -0.3 is 5.32 Å². The van der Waals surface area contributed by atoms with Crippen LogP contribution in [0.3, 0.4) is 0 Å². The van der Waals surface area contributed by atoms with Gasteiger partial charge >= 0.3 is 0 Å². The molecule has 1 heterocycles. The number of anilines is 1. The molecule has 0 aliphatic rings. The molecule has 8 heteroatoms. The molecule has 5 nitrogen and oxygen atoms in total. The largest absolute Gasteiger partial charge is 0.363 e. The lowest BCUT2D eigenvalue weighted by Gasteiger charge is -2.31. The molecule has 0 saturated heterocycles. The van der Waals surface area contributed by atoms with Crippen LogP contribution in [0.4, 0.5) is 10.2 Å². The fourth-order valence-corrected chi connectivity index (χ4v) is 2.74. The lowest BCUT2D eigenvalue weighted by atomic mass is 9.88. The summed E-state index contributed by atoms with van der Waals surface area (Å²) in [6, 6.07) is -0.497. The standard InChI is InChI=1S/C11H17ClFN3O2S/c1-11(2,3)8(6-19(4,17)18)15-9-7(13)5-14-10(12)16-9/h5,8H,6H2,1-4H3,(H,14,15,16)/t8-/m1/s1. The number of hydrogen-bond donors (Lipinski definition) is 1. The Morgan fingerprint density at radius 1 is 1.47 bits per heavy atom. The van der Waals surface area contributed by atoms with Crippen LogP contribution in [0.5, 0.6) is 0 Å². The van der Waals surface area contributed by atoms with Crippen LogP contribution in [-0.4, -0.2) is 36.4 Å². The van der Waals surface area contributed by atoms with E-state index < -0.39 is 27.1 Å². The first-order valence-corrected chi connectivity index (χ1v) is 8.05. The quantitative estimate of drug-likeness (QED) is 0.863. The van der Waals surface area contributed by atoms with E-state index in [2.05, 4.69) is 15.3 Å². The normalized spacial score (nSPS) is 14.2. The Morgan fingerprint density at radius 3 is 2.53 bits per heavy atom. The van der Waals surface area contributed by atoms with Gasteiger partial charge in [0.15, 0.2) is 11.6 Å². The van der Waals surface area contributed by atoms with Gasteiger partial charge in [-0.3, -0.25) is 0 Å². The molecule has 0 saturated carbocycles. The highest BCUT2D eigenvalue weighted by Crippen LogP contribution is 2.25. The highest BCUT2D eigenvalue weighted by molar-refractivity contribution is 7.90. The molecule has 108 valence electrons. The number of aromatic nitrogens is 2. The van der Waals surface area contributed by atoms with E-state index in [4.69, 9.17) is 11.6 Å². The number of nitrogens with zero attached hydrogens (tertiary/aromatic N) is 2. The van der Waals surface area contributed by atoms with E-state index in [0.29, 0.717) is 0 Å². The first-order chi connectivity index (χ1) is 8.49. The van der Waals surface area contributed by atoms with Crippen LogP contribution in [-0.2, 0) is 9.84 Å². The van der Waals surface area contributed by atoms with Crippen LogP contribution in [0.2, 0.25) is 5.28 Å². The topological polar surface area (TPSA) is 72.0 Å². The van der Waals surface area contributed by atoms with E-state index >= 15 is 0 Å². The maximum absolute atomic E-state index is 13.6. The summed E-state index contributed by atoms with van der Waals surface area (Å²) in [6.45, 7) is 5.57. The summed E-state index contributed by atoms with van der Waals surface area (Å²) in [5.74, 6) is -0.895. The molecule has 0 amide bonds. The fraction of sp³-hybridized carbons (Fsp3) is 0.636. The van der Waals surface area contributed by atoms with Crippen molar-refractivity contribution < 1.29 is 12.8 Å². The van der Waals surface area contributed by atoms with Gasteiger partial charge in [0.1, 0.15) is 9.84 Å². The average Bonchev–Trinajstić information content (AvgIpc) is 2.19. The minimum atomic E-state index is -3.21.